The standard InChI is InChI=1S/C17H19N.C16H16ClN/c1-14-6-2-3-8-16(14)12-18-11-10-15-7-4-5-9-17(15)13-18;17-15-9-3-1-7-14(15)12-18-11-5-8-13-6-2-4-10-16(13)18/h2-9H,10-13H2,1H3;1-4,6-7,9-10H,5,8,11-12H2. The van der Waals surface area contributed by atoms with Gasteiger partial charge in [-0.2, -0.15) is 0 Å². The van der Waals surface area contributed by atoms with Gasteiger partial charge in [-0.05, 0) is 71.7 Å². The van der Waals surface area contributed by atoms with E-state index in [1.807, 2.05) is 12.1 Å². The summed E-state index contributed by atoms with van der Waals surface area (Å²) in [5.41, 5.74) is 9.90. The van der Waals surface area contributed by atoms with Gasteiger partial charge in [0.2, 0.25) is 0 Å². The summed E-state index contributed by atoms with van der Waals surface area (Å²) in [6.07, 6.45) is 3.60. The van der Waals surface area contributed by atoms with Crippen molar-refractivity contribution in [1.29, 1.82) is 0 Å². The highest BCUT2D eigenvalue weighted by Crippen LogP contribution is 2.29. The third-order valence-electron chi connectivity index (χ3n) is 7.39. The second-order valence-electron chi connectivity index (χ2n) is 9.90. The highest BCUT2D eigenvalue weighted by molar-refractivity contribution is 6.31. The number of rotatable bonds is 4. The van der Waals surface area contributed by atoms with Crippen LogP contribution in [0, 0.1) is 6.92 Å². The second kappa shape index (κ2) is 11.8. The van der Waals surface area contributed by atoms with E-state index in [-0.39, 0.29) is 0 Å². The van der Waals surface area contributed by atoms with Crippen molar-refractivity contribution >= 4 is 17.3 Å². The fourth-order valence-electron chi connectivity index (χ4n) is 5.33. The van der Waals surface area contributed by atoms with Gasteiger partial charge in [0.1, 0.15) is 0 Å². The van der Waals surface area contributed by atoms with Gasteiger partial charge in [0.15, 0.2) is 0 Å². The van der Waals surface area contributed by atoms with Crippen LogP contribution in [-0.4, -0.2) is 18.0 Å². The monoisotopic (exact) mass is 494 g/mol. The molecular formula is C33H35ClN2. The summed E-state index contributed by atoms with van der Waals surface area (Å²) < 4.78 is 0. The Kier molecular flexibility index (Phi) is 8.05. The first-order chi connectivity index (χ1) is 17.7. The van der Waals surface area contributed by atoms with Crippen molar-refractivity contribution in [3.63, 3.8) is 0 Å². The van der Waals surface area contributed by atoms with E-state index in [1.165, 1.54) is 64.9 Å². The molecule has 4 aromatic carbocycles. The largest absolute Gasteiger partial charge is 0.367 e. The smallest absolute Gasteiger partial charge is 0.0455 e. The molecule has 6 rings (SSSR count). The number of benzene rings is 4. The van der Waals surface area contributed by atoms with Crippen LogP contribution in [0.4, 0.5) is 5.69 Å². The minimum atomic E-state index is 0.862. The van der Waals surface area contributed by atoms with Crippen LogP contribution < -0.4 is 4.90 Å². The number of anilines is 1. The van der Waals surface area contributed by atoms with Gasteiger partial charge in [-0.15, -0.1) is 0 Å². The average Bonchev–Trinajstić information content (AvgIpc) is 2.92. The fourth-order valence-corrected chi connectivity index (χ4v) is 5.52. The summed E-state index contributed by atoms with van der Waals surface area (Å²) in [5, 5.41) is 0.862. The number of nitrogens with zero attached hydrogens (tertiary/aromatic N) is 2. The van der Waals surface area contributed by atoms with Crippen molar-refractivity contribution in [3.8, 4) is 0 Å². The van der Waals surface area contributed by atoms with Crippen LogP contribution in [-0.2, 0) is 32.5 Å². The molecule has 0 saturated carbocycles. The van der Waals surface area contributed by atoms with E-state index < -0.39 is 0 Å². The van der Waals surface area contributed by atoms with Crippen molar-refractivity contribution in [2.45, 2.75) is 45.8 Å². The van der Waals surface area contributed by atoms with Crippen LogP contribution in [0.5, 0.6) is 0 Å². The predicted molar refractivity (Wildman–Crippen MR) is 153 cm³/mol. The summed E-state index contributed by atoms with van der Waals surface area (Å²) in [7, 11) is 0. The summed E-state index contributed by atoms with van der Waals surface area (Å²) in [4.78, 5) is 4.98. The van der Waals surface area contributed by atoms with E-state index >= 15 is 0 Å². The van der Waals surface area contributed by atoms with Crippen LogP contribution in [0.1, 0.15) is 39.8 Å². The lowest BCUT2D eigenvalue weighted by Crippen LogP contribution is -2.30. The van der Waals surface area contributed by atoms with E-state index in [0.717, 1.165) is 31.2 Å². The third-order valence-corrected chi connectivity index (χ3v) is 7.76. The SMILES string of the molecule is Cc1ccccc1CN1CCc2ccccc2C1.Clc1ccccc1CN1CCCc2ccccc21. The van der Waals surface area contributed by atoms with E-state index in [1.54, 1.807) is 0 Å². The van der Waals surface area contributed by atoms with Gasteiger partial charge in [0, 0.05) is 43.4 Å². The maximum atomic E-state index is 6.24. The number of hydrogen-bond acceptors (Lipinski definition) is 2. The van der Waals surface area contributed by atoms with Crippen molar-refractivity contribution in [2.75, 3.05) is 18.0 Å². The van der Waals surface area contributed by atoms with Gasteiger partial charge in [-0.3, -0.25) is 4.90 Å². The van der Waals surface area contributed by atoms with Gasteiger partial charge in [-0.25, -0.2) is 0 Å². The van der Waals surface area contributed by atoms with Gasteiger partial charge >= 0.3 is 0 Å². The Balaban J connectivity index is 0.000000148. The first-order valence-electron chi connectivity index (χ1n) is 13.1. The number of halogens is 1. The van der Waals surface area contributed by atoms with E-state index in [4.69, 9.17) is 11.6 Å². The van der Waals surface area contributed by atoms with Crippen LogP contribution in [0.25, 0.3) is 0 Å². The van der Waals surface area contributed by atoms with E-state index in [9.17, 15) is 0 Å². The van der Waals surface area contributed by atoms with E-state index in [0.29, 0.717) is 0 Å². The summed E-state index contributed by atoms with van der Waals surface area (Å²) in [6.45, 7) is 7.54. The molecule has 0 amide bonds. The molecule has 0 spiro atoms. The zero-order valence-corrected chi connectivity index (χ0v) is 21.9. The molecule has 36 heavy (non-hydrogen) atoms. The molecule has 0 atom stereocenters. The second-order valence-corrected chi connectivity index (χ2v) is 10.3. The Bertz CT molecular complexity index is 1300. The lowest BCUT2D eigenvalue weighted by molar-refractivity contribution is 0.245. The highest BCUT2D eigenvalue weighted by atomic mass is 35.5. The van der Waals surface area contributed by atoms with Crippen LogP contribution in [0.3, 0.4) is 0 Å². The fraction of sp³-hybridized carbons (Fsp3) is 0.273. The van der Waals surface area contributed by atoms with Gasteiger partial charge in [0.25, 0.3) is 0 Å². The molecule has 0 fully saturated rings. The van der Waals surface area contributed by atoms with Crippen molar-refractivity contribution in [1.82, 2.24) is 4.90 Å². The first kappa shape index (κ1) is 24.6. The lowest BCUT2D eigenvalue weighted by atomic mass is 9.99. The van der Waals surface area contributed by atoms with Crippen LogP contribution in [0.15, 0.2) is 97.1 Å². The molecule has 0 bridgehead atoms. The summed E-state index contributed by atoms with van der Waals surface area (Å²) in [6, 6.07) is 34.3. The Morgan fingerprint density at radius 1 is 0.639 bits per heavy atom. The molecule has 0 N–H and O–H groups in total. The average molecular weight is 495 g/mol. The Hall–Kier alpha value is -3.07. The number of hydrogen-bond donors (Lipinski definition) is 0. The molecule has 0 aromatic heterocycles. The topological polar surface area (TPSA) is 6.48 Å². The lowest BCUT2D eigenvalue weighted by Gasteiger charge is -2.31. The molecule has 2 aliphatic rings. The number of aryl methyl sites for hydroxylation is 2. The van der Waals surface area contributed by atoms with Gasteiger partial charge in [-0.1, -0.05) is 96.5 Å². The Morgan fingerprint density at radius 2 is 1.31 bits per heavy atom. The summed E-state index contributed by atoms with van der Waals surface area (Å²) >= 11 is 6.24. The third kappa shape index (κ3) is 6.00. The molecule has 0 aliphatic carbocycles. The maximum Gasteiger partial charge on any atom is 0.0455 e. The summed E-state index contributed by atoms with van der Waals surface area (Å²) in [5.74, 6) is 0. The Morgan fingerprint density at radius 3 is 2.11 bits per heavy atom. The first-order valence-corrected chi connectivity index (χ1v) is 13.4. The molecule has 184 valence electrons. The van der Waals surface area contributed by atoms with E-state index in [2.05, 4.69) is 102 Å². The minimum Gasteiger partial charge on any atom is -0.367 e. The molecule has 4 aromatic rings. The molecule has 0 radical (unpaired) electrons. The Labute approximate surface area is 221 Å². The van der Waals surface area contributed by atoms with Gasteiger partial charge < -0.3 is 4.90 Å². The predicted octanol–water partition coefficient (Wildman–Crippen LogP) is 7.85. The number of para-hydroxylation sites is 1. The van der Waals surface area contributed by atoms with Crippen LogP contribution >= 0.6 is 11.6 Å². The van der Waals surface area contributed by atoms with Crippen molar-refractivity contribution in [2.24, 2.45) is 0 Å². The van der Waals surface area contributed by atoms with Crippen molar-refractivity contribution in [3.05, 3.63) is 135 Å². The quantitative estimate of drug-likeness (QED) is 0.285. The molecular weight excluding hydrogens is 460 g/mol. The molecule has 0 saturated heterocycles. The molecule has 0 unspecified atom stereocenters. The molecule has 2 aliphatic heterocycles. The highest BCUT2D eigenvalue weighted by Gasteiger charge is 2.17. The zero-order valence-electron chi connectivity index (χ0n) is 21.2. The number of fused-ring (bicyclic) bond motifs is 2. The molecule has 3 heteroatoms. The maximum absolute atomic E-state index is 6.24. The molecule has 2 nitrogen and oxygen atoms in total. The van der Waals surface area contributed by atoms with Crippen molar-refractivity contribution < 1.29 is 0 Å². The minimum absolute atomic E-state index is 0.862. The normalized spacial score (nSPS) is 14.9. The zero-order chi connectivity index (χ0) is 24.7. The molecule has 2 heterocycles. The van der Waals surface area contributed by atoms with Gasteiger partial charge in [0.05, 0.1) is 0 Å². The van der Waals surface area contributed by atoms with Crippen LogP contribution in [0.2, 0.25) is 5.02 Å².